The van der Waals surface area contributed by atoms with Gasteiger partial charge in [-0.1, -0.05) is 30.3 Å². The number of hydrogen-bond donors (Lipinski definition) is 1. The Morgan fingerprint density at radius 1 is 1.36 bits per heavy atom. The van der Waals surface area contributed by atoms with Gasteiger partial charge < -0.3 is 5.73 Å². The van der Waals surface area contributed by atoms with Crippen molar-refractivity contribution >= 4 is 0 Å². The van der Waals surface area contributed by atoms with Crippen LogP contribution in [0.5, 0.6) is 0 Å². The standard InChI is InChI=1S/C11H13N3/c12-7-11(13)8-14(9-11)6-10-4-2-1-3-5-10/h1-5H,6,8-9,13H2. The van der Waals surface area contributed by atoms with E-state index in [2.05, 4.69) is 23.1 Å². The Morgan fingerprint density at radius 2 is 2.00 bits per heavy atom. The number of nitrogens with two attached hydrogens (primary N) is 1. The van der Waals surface area contributed by atoms with Crippen LogP contribution in [0.3, 0.4) is 0 Å². The fraction of sp³-hybridized carbons (Fsp3) is 0.364. The zero-order valence-electron chi connectivity index (χ0n) is 7.98. The van der Waals surface area contributed by atoms with Gasteiger partial charge in [-0.05, 0) is 5.56 Å². The van der Waals surface area contributed by atoms with Crippen LogP contribution in [0.1, 0.15) is 5.56 Å². The minimum atomic E-state index is -0.602. The third-order valence-corrected chi connectivity index (χ3v) is 2.48. The van der Waals surface area contributed by atoms with Gasteiger partial charge in [0, 0.05) is 19.6 Å². The van der Waals surface area contributed by atoms with E-state index in [4.69, 9.17) is 11.0 Å². The van der Waals surface area contributed by atoms with Crippen molar-refractivity contribution in [2.45, 2.75) is 12.1 Å². The van der Waals surface area contributed by atoms with Crippen LogP contribution in [-0.4, -0.2) is 23.5 Å². The number of likely N-dealkylation sites (tertiary alicyclic amines) is 1. The highest BCUT2D eigenvalue weighted by atomic mass is 15.2. The zero-order chi connectivity index (χ0) is 10.0. The SMILES string of the molecule is N#CC1(N)CN(Cc2ccccc2)C1. The van der Waals surface area contributed by atoms with Gasteiger partial charge in [0.1, 0.15) is 5.54 Å². The molecule has 0 aliphatic carbocycles. The van der Waals surface area contributed by atoms with Crippen LogP contribution in [0.25, 0.3) is 0 Å². The van der Waals surface area contributed by atoms with Crippen molar-refractivity contribution in [3.05, 3.63) is 35.9 Å². The lowest BCUT2D eigenvalue weighted by Gasteiger charge is -2.42. The zero-order valence-corrected chi connectivity index (χ0v) is 7.98. The molecule has 2 N–H and O–H groups in total. The molecule has 1 heterocycles. The van der Waals surface area contributed by atoms with Gasteiger partial charge in [-0.25, -0.2) is 0 Å². The molecule has 0 atom stereocenters. The lowest BCUT2D eigenvalue weighted by atomic mass is 9.92. The van der Waals surface area contributed by atoms with Gasteiger partial charge in [-0.2, -0.15) is 5.26 Å². The fourth-order valence-corrected chi connectivity index (χ4v) is 1.78. The Labute approximate surface area is 83.7 Å². The first-order valence-electron chi connectivity index (χ1n) is 4.68. The highest BCUT2D eigenvalue weighted by Crippen LogP contribution is 2.19. The van der Waals surface area contributed by atoms with Gasteiger partial charge in [0.25, 0.3) is 0 Å². The molecule has 0 bridgehead atoms. The van der Waals surface area contributed by atoms with Crippen molar-refractivity contribution in [3.63, 3.8) is 0 Å². The van der Waals surface area contributed by atoms with E-state index in [1.807, 2.05) is 18.2 Å². The number of nitrogens with zero attached hydrogens (tertiary/aromatic N) is 2. The first kappa shape index (κ1) is 9.20. The van der Waals surface area contributed by atoms with Crippen molar-refractivity contribution in [1.29, 1.82) is 5.26 Å². The van der Waals surface area contributed by atoms with E-state index < -0.39 is 5.54 Å². The van der Waals surface area contributed by atoms with Crippen LogP contribution in [0.4, 0.5) is 0 Å². The smallest absolute Gasteiger partial charge is 0.129 e. The predicted octanol–water partition coefficient (Wildman–Crippen LogP) is 0.723. The Morgan fingerprint density at radius 3 is 2.57 bits per heavy atom. The maximum Gasteiger partial charge on any atom is 0.129 e. The quantitative estimate of drug-likeness (QED) is 0.742. The number of rotatable bonds is 2. The number of hydrogen-bond acceptors (Lipinski definition) is 3. The Kier molecular flexibility index (Phi) is 2.24. The Balaban J connectivity index is 1.89. The molecule has 0 aromatic heterocycles. The van der Waals surface area contributed by atoms with Gasteiger partial charge in [-0.15, -0.1) is 0 Å². The van der Waals surface area contributed by atoms with Crippen LogP contribution in [0, 0.1) is 11.3 Å². The van der Waals surface area contributed by atoms with E-state index in [1.54, 1.807) is 0 Å². The molecular formula is C11H13N3. The lowest BCUT2D eigenvalue weighted by molar-refractivity contribution is 0.100. The van der Waals surface area contributed by atoms with E-state index in [1.165, 1.54) is 5.56 Å². The maximum absolute atomic E-state index is 8.73. The van der Waals surface area contributed by atoms with Crippen molar-refractivity contribution in [2.75, 3.05) is 13.1 Å². The minimum Gasteiger partial charge on any atom is -0.311 e. The maximum atomic E-state index is 8.73. The van der Waals surface area contributed by atoms with E-state index in [0.717, 1.165) is 6.54 Å². The lowest BCUT2D eigenvalue weighted by Crippen LogP contribution is -2.65. The molecule has 0 amide bonds. The highest BCUT2D eigenvalue weighted by molar-refractivity contribution is 5.19. The summed E-state index contributed by atoms with van der Waals surface area (Å²) in [5, 5.41) is 8.73. The largest absolute Gasteiger partial charge is 0.311 e. The molecule has 0 radical (unpaired) electrons. The molecule has 0 unspecified atom stereocenters. The van der Waals surface area contributed by atoms with Crippen LogP contribution < -0.4 is 5.73 Å². The van der Waals surface area contributed by atoms with Gasteiger partial charge in [0.2, 0.25) is 0 Å². The third-order valence-electron chi connectivity index (χ3n) is 2.48. The highest BCUT2D eigenvalue weighted by Gasteiger charge is 2.39. The summed E-state index contributed by atoms with van der Waals surface area (Å²) in [5.74, 6) is 0. The predicted molar refractivity (Wildman–Crippen MR) is 54.3 cm³/mol. The summed E-state index contributed by atoms with van der Waals surface area (Å²) in [5.41, 5.74) is 6.41. The number of benzene rings is 1. The molecule has 1 fully saturated rings. The molecule has 1 aliphatic rings. The summed E-state index contributed by atoms with van der Waals surface area (Å²) in [7, 11) is 0. The topological polar surface area (TPSA) is 53.1 Å². The van der Waals surface area contributed by atoms with Crippen molar-refractivity contribution in [2.24, 2.45) is 5.73 Å². The molecule has 14 heavy (non-hydrogen) atoms. The first-order valence-corrected chi connectivity index (χ1v) is 4.68. The summed E-state index contributed by atoms with van der Waals surface area (Å²) < 4.78 is 0. The van der Waals surface area contributed by atoms with E-state index in [9.17, 15) is 0 Å². The summed E-state index contributed by atoms with van der Waals surface area (Å²) in [6.07, 6.45) is 0. The summed E-state index contributed by atoms with van der Waals surface area (Å²) in [6, 6.07) is 12.4. The molecule has 1 aromatic carbocycles. The molecule has 72 valence electrons. The molecular weight excluding hydrogens is 174 g/mol. The molecule has 2 rings (SSSR count). The summed E-state index contributed by atoms with van der Waals surface area (Å²) in [4.78, 5) is 2.18. The average molecular weight is 187 g/mol. The van der Waals surface area contributed by atoms with Gasteiger partial charge in [-0.3, -0.25) is 4.90 Å². The van der Waals surface area contributed by atoms with Gasteiger partial charge >= 0.3 is 0 Å². The monoisotopic (exact) mass is 187 g/mol. The molecule has 1 saturated heterocycles. The summed E-state index contributed by atoms with van der Waals surface area (Å²) >= 11 is 0. The second kappa shape index (κ2) is 3.41. The second-order valence-electron chi connectivity index (χ2n) is 3.90. The Bertz CT molecular complexity index is 347. The number of nitriles is 1. The first-order chi connectivity index (χ1) is 6.72. The molecule has 0 spiro atoms. The van der Waals surface area contributed by atoms with Crippen molar-refractivity contribution < 1.29 is 0 Å². The van der Waals surface area contributed by atoms with Crippen LogP contribution in [0.2, 0.25) is 0 Å². The average Bonchev–Trinajstić information content (AvgIpc) is 2.17. The Hall–Kier alpha value is -1.37. The summed E-state index contributed by atoms with van der Waals surface area (Å²) in [6.45, 7) is 2.25. The van der Waals surface area contributed by atoms with E-state index >= 15 is 0 Å². The minimum absolute atomic E-state index is 0.602. The molecule has 0 saturated carbocycles. The van der Waals surface area contributed by atoms with Crippen molar-refractivity contribution in [3.8, 4) is 6.07 Å². The molecule has 1 aliphatic heterocycles. The van der Waals surface area contributed by atoms with Crippen LogP contribution in [0.15, 0.2) is 30.3 Å². The van der Waals surface area contributed by atoms with Gasteiger partial charge in [0.15, 0.2) is 0 Å². The fourth-order valence-electron chi connectivity index (χ4n) is 1.78. The molecule has 3 heteroatoms. The van der Waals surface area contributed by atoms with E-state index in [0.29, 0.717) is 13.1 Å². The van der Waals surface area contributed by atoms with E-state index in [-0.39, 0.29) is 0 Å². The third kappa shape index (κ3) is 1.77. The van der Waals surface area contributed by atoms with Crippen LogP contribution in [-0.2, 0) is 6.54 Å². The van der Waals surface area contributed by atoms with Gasteiger partial charge in [0.05, 0.1) is 6.07 Å². The van der Waals surface area contributed by atoms with Crippen molar-refractivity contribution in [1.82, 2.24) is 4.90 Å². The normalized spacial score (nSPS) is 19.7. The second-order valence-corrected chi connectivity index (χ2v) is 3.90. The molecule has 3 nitrogen and oxygen atoms in total. The van der Waals surface area contributed by atoms with Crippen LogP contribution >= 0.6 is 0 Å². The molecule has 1 aromatic rings.